The normalized spacial score (nSPS) is 49.0. The van der Waals surface area contributed by atoms with Crippen LogP contribution in [0.15, 0.2) is 0 Å². The maximum Gasteiger partial charge on any atom is 0.217 e. The van der Waals surface area contributed by atoms with Gasteiger partial charge in [-0.3, -0.25) is 4.79 Å². The largest absolute Gasteiger partial charge is 0.394 e. The summed E-state index contributed by atoms with van der Waals surface area (Å²) in [6.07, 6.45) is -23.1. The number of nitrogens with one attached hydrogen (secondary N) is 1. The fourth-order valence-electron chi connectivity index (χ4n) is 4.46. The van der Waals surface area contributed by atoms with Crippen molar-refractivity contribution in [3.63, 3.8) is 0 Å². The molecular weight excluding hydrogens is 510 g/mol. The van der Waals surface area contributed by atoms with Crippen LogP contribution < -0.4 is 5.32 Å². The van der Waals surface area contributed by atoms with Crippen molar-refractivity contribution in [2.45, 2.75) is 99.0 Å². The van der Waals surface area contributed by atoms with Crippen molar-refractivity contribution in [3.8, 4) is 0 Å². The molecule has 11 N–H and O–H groups in total. The van der Waals surface area contributed by atoms with Crippen LogP contribution in [-0.2, 0) is 28.5 Å². The highest BCUT2D eigenvalue weighted by Gasteiger charge is 2.53. The fourth-order valence-corrected chi connectivity index (χ4v) is 4.46. The Kier molecular flexibility index (Phi) is 10.5. The first-order chi connectivity index (χ1) is 17.4. The van der Waals surface area contributed by atoms with Gasteiger partial charge in [0, 0.05) is 6.92 Å². The van der Waals surface area contributed by atoms with E-state index in [1.807, 2.05) is 0 Å². The summed E-state index contributed by atoms with van der Waals surface area (Å²) in [5.41, 5.74) is 0. The van der Waals surface area contributed by atoms with Gasteiger partial charge in [0.05, 0.1) is 19.8 Å². The molecule has 3 saturated heterocycles. The summed E-state index contributed by atoms with van der Waals surface area (Å²) in [4.78, 5) is 11.6. The highest BCUT2D eigenvalue weighted by Crippen LogP contribution is 2.32. The highest BCUT2D eigenvalue weighted by molar-refractivity contribution is 5.73. The SMILES string of the molecule is CC(=O)N[C@H]1[C@H](O[C@@H]2[C@H](O)[C@@H](O)[C@H](O[C@H]3[C@H](O)[C@@H](O)[C@H](O)O[C@@H]3CO)O[C@@H]2CO)O[C@H](CO)[C@H](O)[C@@H]1O. The predicted octanol–water partition coefficient (Wildman–Crippen LogP) is -7.43. The third-order valence-electron chi connectivity index (χ3n) is 6.49. The molecule has 15 atom stereocenters. The van der Waals surface area contributed by atoms with Gasteiger partial charge in [0.1, 0.15) is 73.2 Å². The quantitative estimate of drug-likeness (QED) is 0.135. The summed E-state index contributed by atoms with van der Waals surface area (Å²) < 4.78 is 27.0. The van der Waals surface area contributed by atoms with Crippen LogP contribution >= 0.6 is 0 Å². The van der Waals surface area contributed by atoms with E-state index in [1.54, 1.807) is 0 Å². The van der Waals surface area contributed by atoms with Crippen LogP contribution in [0.25, 0.3) is 0 Å². The smallest absolute Gasteiger partial charge is 0.217 e. The molecule has 3 heterocycles. The second-order valence-corrected chi connectivity index (χ2v) is 9.07. The van der Waals surface area contributed by atoms with Gasteiger partial charge in [0.2, 0.25) is 5.91 Å². The number of carbonyl (C=O) groups is 1. The lowest BCUT2D eigenvalue weighted by atomic mass is 9.95. The van der Waals surface area contributed by atoms with E-state index in [0.717, 1.165) is 6.92 Å². The Labute approximate surface area is 210 Å². The van der Waals surface area contributed by atoms with Crippen molar-refractivity contribution in [3.05, 3.63) is 0 Å². The van der Waals surface area contributed by atoms with Crippen LogP contribution in [0.4, 0.5) is 0 Å². The minimum absolute atomic E-state index is 0.637. The Balaban J connectivity index is 1.77. The molecule has 0 spiro atoms. The summed E-state index contributed by atoms with van der Waals surface area (Å²) >= 11 is 0. The Morgan fingerprint density at radius 1 is 0.649 bits per heavy atom. The average molecular weight is 545 g/mol. The lowest BCUT2D eigenvalue weighted by Crippen LogP contribution is -2.68. The zero-order valence-electron chi connectivity index (χ0n) is 19.7. The van der Waals surface area contributed by atoms with Gasteiger partial charge < -0.3 is 80.1 Å². The minimum atomic E-state index is -1.92. The monoisotopic (exact) mass is 545 g/mol. The lowest BCUT2D eigenvalue weighted by molar-refractivity contribution is -0.372. The molecule has 17 nitrogen and oxygen atoms in total. The van der Waals surface area contributed by atoms with E-state index >= 15 is 0 Å². The molecule has 0 radical (unpaired) electrons. The van der Waals surface area contributed by atoms with Crippen molar-refractivity contribution in [2.24, 2.45) is 0 Å². The first-order valence-corrected chi connectivity index (χ1v) is 11.6. The summed E-state index contributed by atoms with van der Waals surface area (Å²) in [6.45, 7) is -1.21. The first kappa shape index (κ1) is 30.4. The van der Waals surface area contributed by atoms with E-state index in [2.05, 4.69) is 5.32 Å². The maximum atomic E-state index is 11.6. The van der Waals surface area contributed by atoms with Crippen molar-refractivity contribution in [2.75, 3.05) is 19.8 Å². The van der Waals surface area contributed by atoms with E-state index < -0.39 is 118 Å². The molecule has 0 unspecified atom stereocenters. The molecule has 17 heteroatoms. The van der Waals surface area contributed by atoms with Crippen molar-refractivity contribution >= 4 is 5.91 Å². The first-order valence-electron chi connectivity index (χ1n) is 11.6. The minimum Gasteiger partial charge on any atom is -0.394 e. The Hall–Kier alpha value is -1.13. The van der Waals surface area contributed by atoms with Gasteiger partial charge in [-0.15, -0.1) is 0 Å². The molecule has 0 aromatic rings. The predicted molar refractivity (Wildman–Crippen MR) is 113 cm³/mol. The third kappa shape index (κ3) is 6.38. The number of aliphatic hydroxyl groups is 10. The Morgan fingerprint density at radius 2 is 1.14 bits per heavy atom. The van der Waals surface area contributed by atoms with Crippen LogP contribution in [-0.4, -0.2) is 169 Å². The van der Waals surface area contributed by atoms with Gasteiger partial charge in [-0.05, 0) is 0 Å². The van der Waals surface area contributed by atoms with E-state index in [0.29, 0.717) is 0 Å². The molecule has 3 rings (SSSR count). The number of amides is 1. The number of rotatable bonds is 8. The van der Waals surface area contributed by atoms with E-state index in [9.17, 15) is 55.9 Å². The molecule has 0 aliphatic carbocycles. The standard InChI is InChI=1S/C20H35NO16/c1-5(25)21-9-11(27)10(26)6(2-22)34-19(9)36-17-8(4-24)35-20(15(31)13(17)29)37-16-7(3-23)33-18(32)14(30)12(16)28/h6-20,22-24,26-32H,2-4H2,1H3,(H,21,25)/t6-,7-,8-,9-,10+,11-,12-,13-,14-,15-,16-,17+,18-,19+,20+/m1/s1. The summed E-state index contributed by atoms with van der Waals surface area (Å²) in [7, 11) is 0. The molecule has 3 aliphatic rings. The molecule has 0 saturated carbocycles. The van der Waals surface area contributed by atoms with Crippen LogP contribution in [0.3, 0.4) is 0 Å². The Bertz CT molecular complexity index is 743. The maximum absolute atomic E-state index is 11.6. The zero-order valence-corrected chi connectivity index (χ0v) is 19.7. The molecule has 0 aromatic carbocycles. The molecular formula is C20H35NO16. The van der Waals surface area contributed by atoms with Crippen LogP contribution in [0, 0.1) is 0 Å². The van der Waals surface area contributed by atoms with Gasteiger partial charge >= 0.3 is 0 Å². The van der Waals surface area contributed by atoms with Crippen molar-refractivity contribution < 1.29 is 79.5 Å². The number of aliphatic hydroxyl groups excluding tert-OH is 10. The highest BCUT2D eigenvalue weighted by atomic mass is 16.7. The van der Waals surface area contributed by atoms with Gasteiger partial charge in [-0.25, -0.2) is 0 Å². The van der Waals surface area contributed by atoms with Gasteiger partial charge in [-0.1, -0.05) is 0 Å². The fraction of sp³-hybridized carbons (Fsp3) is 0.950. The summed E-state index contributed by atoms with van der Waals surface area (Å²) in [5.74, 6) is -0.637. The summed E-state index contributed by atoms with van der Waals surface area (Å²) in [5, 5.41) is 103. The van der Waals surface area contributed by atoms with Gasteiger partial charge in [0.25, 0.3) is 0 Å². The van der Waals surface area contributed by atoms with E-state index in [-0.39, 0.29) is 0 Å². The van der Waals surface area contributed by atoms with E-state index in [4.69, 9.17) is 23.7 Å². The molecule has 0 bridgehead atoms. The van der Waals surface area contributed by atoms with Gasteiger partial charge in [0.15, 0.2) is 18.9 Å². The lowest BCUT2D eigenvalue weighted by Gasteiger charge is -2.48. The van der Waals surface area contributed by atoms with E-state index in [1.165, 1.54) is 0 Å². The van der Waals surface area contributed by atoms with Crippen LogP contribution in [0.5, 0.6) is 0 Å². The molecule has 37 heavy (non-hydrogen) atoms. The molecule has 216 valence electrons. The van der Waals surface area contributed by atoms with Crippen molar-refractivity contribution in [1.82, 2.24) is 5.32 Å². The van der Waals surface area contributed by atoms with Crippen molar-refractivity contribution in [1.29, 1.82) is 0 Å². The zero-order chi connectivity index (χ0) is 27.6. The third-order valence-corrected chi connectivity index (χ3v) is 6.49. The molecule has 3 aliphatic heterocycles. The molecule has 0 aromatic heterocycles. The molecule has 3 fully saturated rings. The Morgan fingerprint density at radius 3 is 1.68 bits per heavy atom. The van der Waals surface area contributed by atoms with Crippen LogP contribution in [0.2, 0.25) is 0 Å². The number of carbonyl (C=O) groups excluding carboxylic acids is 1. The summed E-state index contributed by atoms with van der Waals surface area (Å²) in [6, 6.07) is -1.39. The van der Waals surface area contributed by atoms with Crippen LogP contribution in [0.1, 0.15) is 6.92 Å². The number of ether oxygens (including phenoxy) is 5. The second kappa shape index (κ2) is 12.8. The van der Waals surface area contributed by atoms with Gasteiger partial charge in [-0.2, -0.15) is 0 Å². The average Bonchev–Trinajstić information content (AvgIpc) is 2.87. The number of hydrogen-bond donors (Lipinski definition) is 11. The molecule has 1 amide bonds. The second-order valence-electron chi connectivity index (χ2n) is 9.07. The topological polar surface area (TPSA) is 278 Å². The number of hydrogen-bond acceptors (Lipinski definition) is 16.